The largest absolute Gasteiger partial charge is 0.432 e. The van der Waals surface area contributed by atoms with E-state index in [1.54, 1.807) is 0 Å². The molecule has 1 fully saturated rings. The summed E-state index contributed by atoms with van der Waals surface area (Å²) < 4.78 is 142. The molecule has 1 aliphatic rings. The standard InChI is InChI=1S/C24H15F9O3/c1-10-8-34-23(35-9-10)12-4-14(25)20(15(26)5-12)11-2-16(27)21(17(28)3-11)24(32,33)36-13-6-18(29)22(31)19(30)7-13/h2-7,10,23H,8-9H2,1H3. The first kappa shape index (κ1) is 25.8. The van der Waals surface area contributed by atoms with Crippen molar-refractivity contribution in [2.75, 3.05) is 13.2 Å². The van der Waals surface area contributed by atoms with Gasteiger partial charge in [-0.25, -0.2) is 30.7 Å². The third kappa shape index (κ3) is 5.00. The maximum Gasteiger partial charge on any atom is 0.432 e. The molecule has 0 bridgehead atoms. The summed E-state index contributed by atoms with van der Waals surface area (Å²) >= 11 is 0. The number of benzene rings is 3. The van der Waals surface area contributed by atoms with Crippen molar-refractivity contribution in [1.82, 2.24) is 0 Å². The van der Waals surface area contributed by atoms with Gasteiger partial charge < -0.3 is 14.2 Å². The minimum absolute atomic E-state index is 0.0445. The molecule has 1 saturated heterocycles. The Morgan fingerprint density at radius 2 is 1.22 bits per heavy atom. The van der Waals surface area contributed by atoms with Gasteiger partial charge in [0.25, 0.3) is 0 Å². The van der Waals surface area contributed by atoms with Gasteiger partial charge in [0.1, 0.15) is 34.6 Å². The van der Waals surface area contributed by atoms with Crippen LogP contribution in [0.25, 0.3) is 11.1 Å². The average Bonchev–Trinajstić information content (AvgIpc) is 2.76. The van der Waals surface area contributed by atoms with Crippen molar-refractivity contribution < 1.29 is 53.7 Å². The highest BCUT2D eigenvalue weighted by molar-refractivity contribution is 5.66. The molecule has 1 aliphatic heterocycles. The van der Waals surface area contributed by atoms with Crippen LogP contribution >= 0.6 is 0 Å². The van der Waals surface area contributed by atoms with E-state index in [0.29, 0.717) is 0 Å². The number of halogens is 9. The van der Waals surface area contributed by atoms with Crippen LogP contribution < -0.4 is 4.74 Å². The van der Waals surface area contributed by atoms with Crippen LogP contribution in [-0.2, 0) is 15.6 Å². The second-order valence-corrected chi connectivity index (χ2v) is 8.10. The summed E-state index contributed by atoms with van der Waals surface area (Å²) in [6.07, 6.45) is -5.93. The van der Waals surface area contributed by atoms with Gasteiger partial charge in [-0.2, -0.15) is 8.78 Å². The van der Waals surface area contributed by atoms with Crippen LogP contribution in [0.3, 0.4) is 0 Å². The summed E-state index contributed by atoms with van der Waals surface area (Å²) in [5, 5.41) is 0. The molecule has 0 amide bonds. The Kier molecular flexibility index (Phi) is 6.93. The summed E-state index contributed by atoms with van der Waals surface area (Å²) in [4.78, 5) is 0. The van der Waals surface area contributed by atoms with E-state index < -0.39 is 75.6 Å². The fraction of sp³-hybridized carbons (Fsp3) is 0.250. The van der Waals surface area contributed by atoms with Crippen LogP contribution in [0.5, 0.6) is 5.75 Å². The molecule has 0 N–H and O–H groups in total. The van der Waals surface area contributed by atoms with Crippen molar-refractivity contribution in [2.24, 2.45) is 5.92 Å². The fourth-order valence-electron chi connectivity index (χ4n) is 3.58. The molecular weight excluding hydrogens is 507 g/mol. The predicted octanol–water partition coefficient (Wildman–Crippen LogP) is 7.14. The third-order valence-electron chi connectivity index (χ3n) is 5.23. The molecule has 3 aromatic rings. The van der Waals surface area contributed by atoms with Crippen molar-refractivity contribution in [3.63, 3.8) is 0 Å². The van der Waals surface area contributed by atoms with Crippen LogP contribution in [0.2, 0.25) is 0 Å². The van der Waals surface area contributed by atoms with Crippen molar-refractivity contribution >= 4 is 0 Å². The van der Waals surface area contributed by atoms with Gasteiger partial charge in [0.15, 0.2) is 23.7 Å². The first-order valence-corrected chi connectivity index (χ1v) is 10.3. The molecule has 36 heavy (non-hydrogen) atoms. The second-order valence-electron chi connectivity index (χ2n) is 8.10. The smallest absolute Gasteiger partial charge is 0.429 e. The Bertz CT molecular complexity index is 1230. The zero-order chi connectivity index (χ0) is 26.4. The molecular formula is C24H15F9O3. The molecule has 0 saturated carbocycles. The minimum Gasteiger partial charge on any atom is -0.429 e. The monoisotopic (exact) mass is 522 g/mol. The quantitative estimate of drug-likeness (QED) is 0.264. The Morgan fingerprint density at radius 1 is 0.722 bits per heavy atom. The van der Waals surface area contributed by atoms with Crippen molar-refractivity contribution in [3.8, 4) is 16.9 Å². The van der Waals surface area contributed by atoms with Gasteiger partial charge in [-0.1, -0.05) is 6.92 Å². The van der Waals surface area contributed by atoms with E-state index in [-0.39, 0.29) is 49.0 Å². The molecule has 0 atom stereocenters. The van der Waals surface area contributed by atoms with Gasteiger partial charge in [0.2, 0.25) is 0 Å². The topological polar surface area (TPSA) is 27.7 Å². The van der Waals surface area contributed by atoms with E-state index in [1.807, 2.05) is 6.92 Å². The Morgan fingerprint density at radius 3 is 1.72 bits per heavy atom. The number of hydrogen-bond acceptors (Lipinski definition) is 3. The van der Waals surface area contributed by atoms with Crippen molar-refractivity contribution in [1.29, 1.82) is 0 Å². The molecule has 1 heterocycles. The molecule has 3 aromatic carbocycles. The van der Waals surface area contributed by atoms with E-state index in [0.717, 1.165) is 12.1 Å². The summed E-state index contributed by atoms with van der Waals surface area (Å²) in [5.74, 6) is -13.5. The SMILES string of the molecule is CC1COC(c2cc(F)c(-c3cc(F)c(C(F)(F)Oc4cc(F)c(F)c(F)c4)c(F)c3)c(F)c2)OC1. The fourth-order valence-corrected chi connectivity index (χ4v) is 3.58. The van der Waals surface area contributed by atoms with Crippen LogP contribution in [0, 0.1) is 46.6 Å². The van der Waals surface area contributed by atoms with Gasteiger partial charge in [0, 0.05) is 23.6 Å². The lowest BCUT2D eigenvalue weighted by atomic mass is 9.99. The van der Waals surface area contributed by atoms with Crippen LogP contribution in [0.15, 0.2) is 36.4 Å². The summed E-state index contributed by atoms with van der Waals surface area (Å²) in [6, 6.07) is 2.19. The number of hydrogen-bond donors (Lipinski definition) is 0. The van der Waals surface area contributed by atoms with Gasteiger partial charge >= 0.3 is 6.11 Å². The Balaban J connectivity index is 1.66. The molecule has 0 radical (unpaired) electrons. The lowest BCUT2D eigenvalue weighted by Crippen LogP contribution is -2.25. The molecule has 0 unspecified atom stereocenters. The predicted molar refractivity (Wildman–Crippen MR) is 106 cm³/mol. The van der Waals surface area contributed by atoms with Crippen molar-refractivity contribution in [3.05, 3.63) is 88.2 Å². The number of ether oxygens (including phenoxy) is 3. The molecule has 0 spiro atoms. The average molecular weight is 522 g/mol. The van der Waals surface area contributed by atoms with E-state index >= 15 is 0 Å². The molecule has 192 valence electrons. The lowest BCUT2D eigenvalue weighted by molar-refractivity contribution is -0.202. The van der Waals surface area contributed by atoms with E-state index in [9.17, 15) is 39.5 Å². The summed E-state index contributed by atoms with van der Waals surface area (Å²) in [5.41, 5.74) is -3.73. The van der Waals surface area contributed by atoms with Crippen LogP contribution in [0.4, 0.5) is 39.5 Å². The summed E-state index contributed by atoms with van der Waals surface area (Å²) in [6.45, 7) is 2.36. The Labute approximate surface area is 198 Å². The van der Waals surface area contributed by atoms with E-state index in [4.69, 9.17) is 9.47 Å². The van der Waals surface area contributed by atoms with Gasteiger partial charge in [-0.15, -0.1) is 0 Å². The first-order valence-electron chi connectivity index (χ1n) is 10.3. The normalized spacial score (nSPS) is 18.4. The highest BCUT2D eigenvalue weighted by Crippen LogP contribution is 2.39. The van der Waals surface area contributed by atoms with Gasteiger partial charge in [-0.05, 0) is 29.8 Å². The number of alkyl halides is 2. The first-order chi connectivity index (χ1) is 16.9. The second kappa shape index (κ2) is 9.66. The van der Waals surface area contributed by atoms with E-state index in [2.05, 4.69) is 4.74 Å². The lowest BCUT2D eigenvalue weighted by Gasteiger charge is -2.27. The molecule has 4 rings (SSSR count). The zero-order valence-corrected chi connectivity index (χ0v) is 18.2. The van der Waals surface area contributed by atoms with Crippen molar-refractivity contribution in [2.45, 2.75) is 19.3 Å². The Hall–Kier alpha value is -3.25. The molecule has 0 aromatic heterocycles. The van der Waals surface area contributed by atoms with Crippen LogP contribution in [0.1, 0.15) is 24.3 Å². The highest BCUT2D eigenvalue weighted by Gasteiger charge is 2.42. The maximum absolute atomic E-state index is 14.8. The maximum atomic E-state index is 14.8. The summed E-state index contributed by atoms with van der Waals surface area (Å²) in [7, 11) is 0. The molecule has 3 nitrogen and oxygen atoms in total. The highest BCUT2D eigenvalue weighted by atomic mass is 19.3. The minimum atomic E-state index is -4.85. The van der Waals surface area contributed by atoms with Crippen LogP contribution in [-0.4, -0.2) is 13.2 Å². The van der Waals surface area contributed by atoms with E-state index in [1.165, 1.54) is 0 Å². The van der Waals surface area contributed by atoms with Gasteiger partial charge in [0.05, 0.1) is 18.8 Å². The van der Waals surface area contributed by atoms with Gasteiger partial charge in [-0.3, -0.25) is 0 Å². The number of rotatable bonds is 5. The zero-order valence-electron chi connectivity index (χ0n) is 18.2. The molecule has 12 heteroatoms. The third-order valence-corrected chi connectivity index (χ3v) is 5.23. The molecule has 0 aliphatic carbocycles.